The Morgan fingerprint density at radius 3 is 2.37 bits per heavy atom. The van der Waals surface area contributed by atoms with Crippen LogP contribution >= 0.6 is 12.2 Å². The molecule has 2 N–H and O–H groups in total. The van der Waals surface area contributed by atoms with E-state index in [1.54, 1.807) is 7.11 Å². The summed E-state index contributed by atoms with van der Waals surface area (Å²) in [5.41, 5.74) is 9.40. The van der Waals surface area contributed by atoms with Gasteiger partial charge < -0.3 is 10.5 Å². The monoisotopic (exact) mass is 279 g/mol. The fourth-order valence-electron chi connectivity index (χ4n) is 2.36. The van der Waals surface area contributed by atoms with E-state index in [9.17, 15) is 0 Å². The molecule has 0 fully saturated rings. The highest BCUT2D eigenvalue weighted by Crippen LogP contribution is 2.39. The summed E-state index contributed by atoms with van der Waals surface area (Å²) in [5.74, 6) is 1.25. The topological polar surface area (TPSA) is 35.2 Å². The zero-order valence-corrected chi connectivity index (χ0v) is 13.6. The molecule has 0 spiro atoms. The molecule has 0 bridgehead atoms. The van der Waals surface area contributed by atoms with Gasteiger partial charge in [-0.3, -0.25) is 0 Å². The minimum absolute atomic E-state index is 0.0507. The van der Waals surface area contributed by atoms with E-state index in [0.717, 1.165) is 5.75 Å². The van der Waals surface area contributed by atoms with Crippen LogP contribution in [0.4, 0.5) is 0 Å². The molecule has 0 amide bonds. The van der Waals surface area contributed by atoms with Crippen molar-refractivity contribution in [3.05, 3.63) is 28.8 Å². The second kappa shape index (κ2) is 5.91. The highest BCUT2D eigenvalue weighted by Gasteiger charge is 2.24. The van der Waals surface area contributed by atoms with Gasteiger partial charge in [-0.1, -0.05) is 57.6 Å². The minimum Gasteiger partial charge on any atom is -0.496 e. The van der Waals surface area contributed by atoms with Crippen molar-refractivity contribution in [2.24, 2.45) is 5.73 Å². The highest BCUT2D eigenvalue weighted by atomic mass is 32.1. The Kier molecular flexibility index (Phi) is 4.97. The maximum atomic E-state index is 5.68. The molecule has 0 saturated heterocycles. The van der Waals surface area contributed by atoms with Gasteiger partial charge in [0.1, 0.15) is 5.75 Å². The van der Waals surface area contributed by atoms with Gasteiger partial charge in [0.15, 0.2) is 0 Å². The Labute approximate surface area is 122 Å². The summed E-state index contributed by atoms with van der Waals surface area (Å²) in [7, 11) is 1.73. The van der Waals surface area contributed by atoms with E-state index in [-0.39, 0.29) is 11.3 Å². The summed E-state index contributed by atoms with van der Waals surface area (Å²) in [5, 5.41) is 0. The molecule has 3 heteroatoms. The van der Waals surface area contributed by atoms with Gasteiger partial charge >= 0.3 is 0 Å². The Morgan fingerprint density at radius 1 is 1.37 bits per heavy atom. The van der Waals surface area contributed by atoms with E-state index >= 15 is 0 Å². The van der Waals surface area contributed by atoms with Crippen LogP contribution in [0.15, 0.2) is 12.1 Å². The van der Waals surface area contributed by atoms with Crippen molar-refractivity contribution in [3.8, 4) is 5.75 Å². The molecule has 1 atom stereocenters. The summed E-state index contributed by atoms with van der Waals surface area (Å²) in [6.45, 7) is 10.9. The van der Waals surface area contributed by atoms with E-state index < -0.39 is 0 Å². The summed E-state index contributed by atoms with van der Waals surface area (Å²) < 4.78 is 5.68. The second-order valence-corrected chi connectivity index (χ2v) is 6.78. The second-order valence-electron chi connectivity index (χ2n) is 6.26. The molecule has 0 aromatic heterocycles. The van der Waals surface area contributed by atoms with Gasteiger partial charge in [-0.05, 0) is 23.8 Å². The van der Waals surface area contributed by atoms with E-state index in [2.05, 4.69) is 46.8 Å². The number of nitrogens with two attached hydrogens (primary N) is 1. The highest BCUT2D eigenvalue weighted by molar-refractivity contribution is 7.80. The Bertz CT molecular complexity index is 474. The van der Waals surface area contributed by atoms with E-state index in [1.165, 1.54) is 16.7 Å². The molecule has 0 radical (unpaired) electrons. The quantitative estimate of drug-likeness (QED) is 0.843. The molecule has 0 aliphatic carbocycles. The predicted octanol–water partition coefficient (Wildman–Crippen LogP) is 4.08. The van der Waals surface area contributed by atoms with Crippen molar-refractivity contribution >= 4 is 17.2 Å². The Balaban J connectivity index is 3.39. The first-order valence-electron chi connectivity index (χ1n) is 6.64. The molecule has 1 rings (SSSR count). The summed E-state index contributed by atoms with van der Waals surface area (Å²) >= 11 is 5.03. The van der Waals surface area contributed by atoms with Gasteiger partial charge in [-0.15, -0.1) is 0 Å². The number of hydrogen-bond acceptors (Lipinski definition) is 2. The summed E-state index contributed by atoms with van der Waals surface area (Å²) in [6, 6.07) is 4.38. The summed E-state index contributed by atoms with van der Waals surface area (Å²) in [4.78, 5) is 0.549. The van der Waals surface area contributed by atoms with Gasteiger partial charge in [0, 0.05) is 12.0 Å². The Hall–Kier alpha value is -1.09. The average molecular weight is 279 g/mol. The van der Waals surface area contributed by atoms with Gasteiger partial charge in [0.2, 0.25) is 0 Å². The van der Waals surface area contributed by atoms with Gasteiger partial charge in [-0.2, -0.15) is 0 Å². The van der Waals surface area contributed by atoms with Crippen molar-refractivity contribution in [1.82, 2.24) is 0 Å². The maximum absolute atomic E-state index is 5.68. The standard InChI is InChI=1S/C16H25NOS/c1-10-7-12(11(2)9-14(17)19)15(18-6)13(8-10)16(3,4)5/h7-8,11H,9H2,1-6H3,(H2,17,19). The predicted molar refractivity (Wildman–Crippen MR) is 86.2 cm³/mol. The third kappa shape index (κ3) is 3.93. The van der Waals surface area contributed by atoms with Crippen LogP contribution in [-0.2, 0) is 5.41 Å². The van der Waals surface area contributed by atoms with Gasteiger partial charge in [0.25, 0.3) is 0 Å². The molecule has 2 nitrogen and oxygen atoms in total. The van der Waals surface area contributed by atoms with Crippen molar-refractivity contribution in [2.75, 3.05) is 7.11 Å². The zero-order valence-electron chi connectivity index (χ0n) is 12.8. The number of hydrogen-bond donors (Lipinski definition) is 1. The lowest BCUT2D eigenvalue weighted by Gasteiger charge is -2.26. The molecule has 19 heavy (non-hydrogen) atoms. The molecule has 1 aromatic rings. The molecule has 0 aliphatic rings. The van der Waals surface area contributed by atoms with Gasteiger partial charge in [0.05, 0.1) is 12.1 Å². The smallest absolute Gasteiger partial charge is 0.126 e. The van der Waals surface area contributed by atoms with Crippen LogP contribution in [-0.4, -0.2) is 12.1 Å². The molecule has 1 unspecified atom stereocenters. The number of thiocarbonyl (C=S) groups is 1. The molecule has 0 aliphatic heterocycles. The first-order chi connectivity index (χ1) is 8.66. The van der Waals surface area contributed by atoms with E-state index in [0.29, 0.717) is 11.4 Å². The molecular formula is C16H25NOS. The Morgan fingerprint density at radius 2 is 1.95 bits per heavy atom. The molecule has 0 saturated carbocycles. The number of rotatable bonds is 4. The fraction of sp³-hybridized carbons (Fsp3) is 0.562. The van der Waals surface area contributed by atoms with Crippen LogP contribution in [0.25, 0.3) is 0 Å². The number of methoxy groups -OCH3 is 1. The average Bonchev–Trinajstić information content (AvgIpc) is 2.25. The first-order valence-corrected chi connectivity index (χ1v) is 7.05. The zero-order chi connectivity index (χ0) is 14.8. The van der Waals surface area contributed by atoms with Crippen LogP contribution in [0, 0.1) is 6.92 Å². The lowest BCUT2D eigenvalue weighted by atomic mass is 9.82. The van der Waals surface area contributed by atoms with Crippen LogP contribution < -0.4 is 10.5 Å². The lowest BCUT2D eigenvalue weighted by molar-refractivity contribution is 0.389. The van der Waals surface area contributed by atoms with Crippen LogP contribution in [0.1, 0.15) is 56.7 Å². The van der Waals surface area contributed by atoms with E-state index in [1.807, 2.05) is 0 Å². The lowest BCUT2D eigenvalue weighted by Crippen LogP contribution is -2.17. The third-order valence-corrected chi connectivity index (χ3v) is 3.48. The van der Waals surface area contributed by atoms with Crippen molar-refractivity contribution in [2.45, 2.75) is 52.4 Å². The largest absolute Gasteiger partial charge is 0.496 e. The van der Waals surface area contributed by atoms with Gasteiger partial charge in [-0.25, -0.2) is 0 Å². The molecular weight excluding hydrogens is 254 g/mol. The summed E-state index contributed by atoms with van der Waals surface area (Å²) in [6.07, 6.45) is 0.707. The number of benzene rings is 1. The van der Waals surface area contributed by atoms with Crippen LogP contribution in [0.5, 0.6) is 5.75 Å². The van der Waals surface area contributed by atoms with Crippen LogP contribution in [0.2, 0.25) is 0 Å². The van der Waals surface area contributed by atoms with Crippen LogP contribution in [0.3, 0.4) is 0 Å². The minimum atomic E-state index is 0.0507. The maximum Gasteiger partial charge on any atom is 0.126 e. The first kappa shape index (κ1) is 16.0. The van der Waals surface area contributed by atoms with Crippen molar-refractivity contribution in [3.63, 3.8) is 0 Å². The number of ether oxygens (including phenoxy) is 1. The van der Waals surface area contributed by atoms with Crippen molar-refractivity contribution < 1.29 is 4.74 Å². The molecule has 1 aromatic carbocycles. The fourth-order valence-corrected chi connectivity index (χ4v) is 2.61. The number of aryl methyl sites for hydroxylation is 1. The van der Waals surface area contributed by atoms with Crippen molar-refractivity contribution in [1.29, 1.82) is 0 Å². The molecule has 0 heterocycles. The third-order valence-electron chi connectivity index (χ3n) is 3.31. The SMILES string of the molecule is COc1c(C(C)CC(N)=S)cc(C)cc1C(C)(C)C. The normalized spacial score (nSPS) is 13.2. The van der Waals surface area contributed by atoms with E-state index in [4.69, 9.17) is 22.7 Å². The molecule has 106 valence electrons.